The number of hydrogen-bond acceptors (Lipinski definition) is 3. The van der Waals surface area contributed by atoms with Crippen molar-refractivity contribution in [1.82, 2.24) is 4.90 Å². The lowest BCUT2D eigenvalue weighted by molar-refractivity contribution is 0.0234. The fourth-order valence-corrected chi connectivity index (χ4v) is 3.02. The van der Waals surface area contributed by atoms with Crippen molar-refractivity contribution in [2.45, 2.75) is 38.0 Å². The summed E-state index contributed by atoms with van der Waals surface area (Å²) in [6.45, 7) is 4.14. The SMILES string of the molecule is COC1CCN(C(c2ccc(Cl)cc2)C(C)N)CC1. The van der Waals surface area contributed by atoms with E-state index in [2.05, 4.69) is 24.0 Å². The van der Waals surface area contributed by atoms with E-state index in [4.69, 9.17) is 22.1 Å². The van der Waals surface area contributed by atoms with Crippen LogP contribution in [0, 0.1) is 0 Å². The highest BCUT2D eigenvalue weighted by Gasteiger charge is 2.28. The first-order chi connectivity index (χ1) is 9.11. The number of nitrogens with zero attached hydrogens (tertiary/aromatic N) is 1. The fraction of sp³-hybridized carbons (Fsp3) is 0.600. The van der Waals surface area contributed by atoms with Gasteiger partial charge in [-0.05, 0) is 37.5 Å². The second kappa shape index (κ2) is 6.71. The van der Waals surface area contributed by atoms with Gasteiger partial charge in [-0.15, -0.1) is 0 Å². The molecule has 0 amide bonds. The lowest BCUT2D eigenvalue weighted by atomic mass is 9.96. The summed E-state index contributed by atoms with van der Waals surface area (Å²) in [4.78, 5) is 2.46. The molecule has 1 fully saturated rings. The Morgan fingerprint density at radius 1 is 1.26 bits per heavy atom. The molecule has 1 aliphatic heterocycles. The summed E-state index contributed by atoms with van der Waals surface area (Å²) in [6, 6.07) is 8.40. The standard InChI is InChI=1S/C15H23ClN2O/c1-11(17)15(12-3-5-13(16)6-4-12)18-9-7-14(19-2)8-10-18/h3-6,11,14-15H,7-10,17H2,1-2H3. The zero-order chi connectivity index (χ0) is 13.8. The van der Waals surface area contributed by atoms with E-state index in [1.165, 1.54) is 5.56 Å². The summed E-state index contributed by atoms with van der Waals surface area (Å²) < 4.78 is 5.43. The quantitative estimate of drug-likeness (QED) is 0.923. The van der Waals surface area contributed by atoms with Crippen LogP contribution in [0.2, 0.25) is 5.02 Å². The van der Waals surface area contributed by atoms with Crippen LogP contribution in [-0.4, -0.2) is 37.2 Å². The van der Waals surface area contributed by atoms with E-state index >= 15 is 0 Å². The van der Waals surface area contributed by atoms with Crippen molar-refractivity contribution in [1.29, 1.82) is 0 Å². The first kappa shape index (κ1) is 14.8. The van der Waals surface area contributed by atoms with Crippen LogP contribution in [0.5, 0.6) is 0 Å². The number of hydrogen-bond donors (Lipinski definition) is 1. The summed E-state index contributed by atoms with van der Waals surface area (Å²) in [5.41, 5.74) is 7.44. The van der Waals surface area contributed by atoms with Crippen molar-refractivity contribution in [3.8, 4) is 0 Å². The molecule has 1 heterocycles. The number of rotatable bonds is 4. The van der Waals surface area contributed by atoms with Crippen molar-refractivity contribution in [3.63, 3.8) is 0 Å². The maximum absolute atomic E-state index is 6.20. The van der Waals surface area contributed by atoms with Crippen LogP contribution in [0.1, 0.15) is 31.4 Å². The lowest BCUT2D eigenvalue weighted by Crippen LogP contribution is -2.45. The molecule has 0 bridgehead atoms. The highest BCUT2D eigenvalue weighted by Crippen LogP contribution is 2.28. The van der Waals surface area contributed by atoms with E-state index in [0.717, 1.165) is 31.0 Å². The summed E-state index contributed by atoms with van der Waals surface area (Å²) in [6.07, 6.45) is 2.55. The van der Waals surface area contributed by atoms with Crippen molar-refractivity contribution in [2.24, 2.45) is 5.73 Å². The Kier molecular flexibility index (Phi) is 5.22. The molecule has 1 aromatic carbocycles. The van der Waals surface area contributed by atoms with E-state index < -0.39 is 0 Å². The number of halogens is 1. The van der Waals surface area contributed by atoms with Gasteiger partial charge in [-0.2, -0.15) is 0 Å². The Balaban J connectivity index is 2.10. The molecule has 106 valence electrons. The first-order valence-corrected chi connectivity index (χ1v) is 7.27. The number of methoxy groups -OCH3 is 1. The van der Waals surface area contributed by atoms with Gasteiger partial charge in [0, 0.05) is 37.3 Å². The minimum Gasteiger partial charge on any atom is -0.381 e. The molecular weight excluding hydrogens is 260 g/mol. The minimum absolute atomic E-state index is 0.0975. The number of nitrogens with two attached hydrogens (primary N) is 1. The summed E-state index contributed by atoms with van der Waals surface area (Å²) in [5.74, 6) is 0. The third-order valence-electron chi connectivity index (χ3n) is 3.91. The summed E-state index contributed by atoms with van der Waals surface area (Å²) in [5, 5.41) is 0.769. The Morgan fingerprint density at radius 3 is 2.32 bits per heavy atom. The Bertz CT molecular complexity index is 386. The van der Waals surface area contributed by atoms with Gasteiger partial charge in [-0.1, -0.05) is 23.7 Å². The number of likely N-dealkylation sites (tertiary alicyclic amines) is 1. The van der Waals surface area contributed by atoms with Crippen LogP contribution in [0.3, 0.4) is 0 Å². The Morgan fingerprint density at radius 2 is 1.84 bits per heavy atom. The highest BCUT2D eigenvalue weighted by molar-refractivity contribution is 6.30. The molecule has 4 heteroatoms. The molecule has 0 aliphatic carbocycles. The van der Waals surface area contributed by atoms with Gasteiger partial charge in [-0.3, -0.25) is 4.90 Å². The predicted octanol–water partition coefficient (Wildman–Crippen LogP) is 2.84. The lowest BCUT2D eigenvalue weighted by Gasteiger charge is -2.39. The first-order valence-electron chi connectivity index (χ1n) is 6.89. The highest BCUT2D eigenvalue weighted by atomic mass is 35.5. The van der Waals surface area contributed by atoms with Crippen LogP contribution < -0.4 is 5.73 Å². The van der Waals surface area contributed by atoms with E-state index in [1.807, 2.05) is 12.1 Å². The van der Waals surface area contributed by atoms with Crippen LogP contribution in [0.25, 0.3) is 0 Å². The van der Waals surface area contributed by atoms with E-state index in [-0.39, 0.29) is 12.1 Å². The average molecular weight is 283 g/mol. The van der Waals surface area contributed by atoms with Gasteiger partial charge < -0.3 is 10.5 Å². The molecule has 2 N–H and O–H groups in total. The molecule has 1 saturated heterocycles. The van der Waals surface area contributed by atoms with Crippen LogP contribution in [-0.2, 0) is 4.74 Å². The van der Waals surface area contributed by atoms with E-state index in [0.29, 0.717) is 6.10 Å². The van der Waals surface area contributed by atoms with Crippen molar-refractivity contribution in [2.75, 3.05) is 20.2 Å². The molecule has 2 rings (SSSR count). The molecule has 0 radical (unpaired) electrons. The van der Waals surface area contributed by atoms with Gasteiger partial charge in [0.25, 0.3) is 0 Å². The average Bonchev–Trinajstić information content (AvgIpc) is 2.42. The largest absolute Gasteiger partial charge is 0.381 e. The zero-order valence-electron chi connectivity index (χ0n) is 11.7. The molecule has 1 aliphatic rings. The molecule has 2 atom stereocenters. The molecule has 0 spiro atoms. The molecule has 0 saturated carbocycles. The van der Waals surface area contributed by atoms with Gasteiger partial charge >= 0.3 is 0 Å². The third-order valence-corrected chi connectivity index (χ3v) is 4.16. The van der Waals surface area contributed by atoms with Gasteiger partial charge in [0.2, 0.25) is 0 Å². The fourth-order valence-electron chi connectivity index (χ4n) is 2.90. The molecular formula is C15H23ClN2O. The van der Waals surface area contributed by atoms with Crippen molar-refractivity contribution < 1.29 is 4.74 Å². The number of benzene rings is 1. The Hall–Kier alpha value is -0.610. The van der Waals surface area contributed by atoms with Crippen molar-refractivity contribution in [3.05, 3.63) is 34.9 Å². The molecule has 2 unspecified atom stereocenters. The van der Waals surface area contributed by atoms with Gasteiger partial charge in [0.15, 0.2) is 0 Å². The maximum atomic E-state index is 6.20. The third kappa shape index (κ3) is 3.69. The molecule has 19 heavy (non-hydrogen) atoms. The molecule has 3 nitrogen and oxygen atoms in total. The summed E-state index contributed by atoms with van der Waals surface area (Å²) in [7, 11) is 1.79. The normalized spacial score (nSPS) is 21.3. The van der Waals surface area contributed by atoms with E-state index in [1.54, 1.807) is 7.11 Å². The minimum atomic E-state index is 0.0975. The smallest absolute Gasteiger partial charge is 0.0595 e. The van der Waals surface area contributed by atoms with Gasteiger partial charge in [0.1, 0.15) is 0 Å². The maximum Gasteiger partial charge on any atom is 0.0595 e. The van der Waals surface area contributed by atoms with Crippen LogP contribution in [0.4, 0.5) is 0 Å². The second-order valence-corrected chi connectivity index (χ2v) is 5.76. The van der Waals surface area contributed by atoms with E-state index in [9.17, 15) is 0 Å². The number of piperidine rings is 1. The monoisotopic (exact) mass is 282 g/mol. The Labute approximate surface area is 120 Å². The molecule has 1 aromatic rings. The van der Waals surface area contributed by atoms with Crippen LogP contribution in [0.15, 0.2) is 24.3 Å². The topological polar surface area (TPSA) is 38.5 Å². The second-order valence-electron chi connectivity index (χ2n) is 5.33. The van der Waals surface area contributed by atoms with Crippen LogP contribution >= 0.6 is 11.6 Å². The van der Waals surface area contributed by atoms with Gasteiger partial charge in [0.05, 0.1) is 6.10 Å². The summed E-state index contributed by atoms with van der Waals surface area (Å²) >= 11 is 5.96. The zero-order valence-corrected chi connectivity index (χ0v) is 12.4. The number of ether oxygens (including phenoxy) is 1. The van der Waals surface area contributed by atoms with Crippen molar-refractivity contribution >= 4 is 11.6 Å². The molecule has 0 aromatic heterocycles. The van der Waals surface area contributed by atoms with Gasteiger partial charge in [-0.25, -0.2) is 0 Å². The predicted molar refractivity (Wildman–Crippen MR) is 79.4 cm³/mol.